The maximum Gasteiger partial charge on any atom is 0.234 e. The summed E-state index contributed by atoms with van der Waals surface area (Å²) < 4.78 is 0. The number of nitrogens with one attached hydrogen (secondary N) is 2. The first kappa shape index (κ1) is 13.5. The fourth-order valence-electron chi connectivity index (χ4n) is 1.95. The molecule has 2 rings (SSSR count). The second-order valence-electron chi connectivity index (χ2n) is 4.45. The molecule has 1 aromatic heterocycles. The van der Waals surface area contributed by atoms with Crippen LogP contribution >= 0.6 is 0 Å². The predicted octanol–water partition coefficient (Wildman–Crippen LogP) is 1.85. The smallest absolute Gasteiger partial charge is 0.234 e. The molecule has 0 aliphatic heterocycles. The molecule has 0 unspecified atom stereocenters. The molecule has 1 aromatic carbocycles. The number of hydrogen-bond donors (Lipinski definition) is 2. The Labute approximate surface area is 113 Å². The summed E-state index contributed by atoms with van der Waals surface area (Å²) in [6.07, 6.45) is 2.80. The highest BCUT2D eigenvalue weighted by Gasteiger charge is 2.04. The Kier molecular flexibility index (Phi) is 4.86. The third kappa shape index (κ3) is 3.76. The van der Waals surface area contributed by atoms with Crippen LogP contribution in [0.25, 0.3) is 10.9 Å². The van der Waals surface area contributed by atoms with Crippen LogP contribution in [0, 0.1) is 0 Å². The number of aromatic nitrogens is 1. The second-order valence-corrected chi connectivity index (χ2v) is 4.45. The van der Waals surface area contributed by atoms with Crippen molar-refractivity contribution in [1.82, 2.24) is 15.6 Å². The lowest BCUT2D eigenvalue weighted by molar-refractivity contribution is -0.120. The standard InChI is InChI=1S/C15H19N3O/c1-2-8-16-11-14(19)18-10-13-6-3-5-12-7-4-9-17-15(12)13/h3-7,9,16H,2,8,10-11H2,1H3,(H,18,19). The minimum absolute atomic E-state index is 0.0152. The number of carbonyl (C=O) groups excluding carboxylic acids is 1. The lowest BCUT2D eigenvalue weighted by atomic mass is 10.1. The largest absolute Gasteiger partial charge is 0.351 e. The van der Waals surface area contributed by atoms with E-state index >= 15 is 0 Å². The molecule has 0 bridgehead atoms. The van der Waals surface area contributed by atoms with Crippen LogP contribution < -0.4 is 10.6 Å². The molecule has 100 valence electrons. The first-order valence-corrected chi connectivity index (χ1v) is 6.61. The Morgan fingerprint density at radius 1 is 1.26 bits per heavy atom. The normalized spacial score (nSPS) is 10.6. The lowest BCUT2D eigenvalue weighted by Gasteiger charge is -2.08. The van der Waals surface area contributed by atoms with Crippen molar-refractivity contribution >= 4 is 16.8 Å². The van der Waals surface area contributed by atoms with Crippen LogP contribution in [0.15, 0.2) is 36.5 Å². The molecule has 0 saturated heterocycles. The van der Waals surface area contributed by atoms with Gasteiger partial charge in [0.2, 0.25) is 5.91 Å². The van der Waals surface area contributed by atoms with Gasteiger partial charge >= 0.3 is 0 Å². The average Bonchev–Trinajstić information content (AvgIpc) is 2.45. The van der Waals surface area contributed by atoms with Gasteiger partial charge < -0.3 is 10.6 Å². The molecular weight excluding hydrogens is 238 g/mol. The predicted molar refractivity (Wildman–Crippen MR) is 76.8 cm³/mol. The first-order valence-electron chi connectivity index (χ1n) is 6.61. The van der Waals surface area contributed by atoms with Gasteiger partial charge in [-0.3, -0.25) is 9.78 Å². The highest BCUT2D eigenvalue weighted by atomic mass is 16.1. The summed E-state index contributed by atoms with van der Waals surface area (Å²) in [5.74, 6) is 0.0152. The van der Waals surface area contributed by atoms with Gasteiger partial charge in [0.05, 0.1) is 12.1 Å². The summed E-state index contributed by atoms with van der Waals surface area (Å²) in [6.45, 7) is 3.82. The molecule has 0 atom stereocenters. The van der Waals surface area contributed by atoms with E-state index in [2.05, 4.69) is 22.5 Å². The summed E-state index contributed by atoms with van der Waals surface area (Å²) in [5, 5.41) is 7.08. The molecule has 0 aliphatic carbocycles. The van der Waals surface area contributed by atoms with E-state index in [1.165, 1.54) is 0 Å². The topological polar surface area (TPSA) is 54.0 Å². The van der Waals surface area contributed by atoms with Gasteiger partial charge in [-0.05, 0) is 24.6 Å². The number of amides is 1. The SMILES string of the molecule is CCCNCC(=O)NCc1cccc2cccnc12. The van der Waals surface area contributed by atoms with Gasteiger partial charge in [-0.1, -0.05) is 31.2 Å². The van der Waals surface area contributed by atoms with Crippen molar-refractivity contribution in [2.75, 3.05) is 13.1 Å². The minimum Gasteiger partial charge on any atom is -0.351 e. The molecule has 1 amide bonds. The number of para-hydroxylation sites is 1. The quantitative estimate of drug-likeness (QED) is 0.777. The van der Waals surface area contributed by atoms with E-state index in [0.717, 1.165) is 29.4 Å². The van der Waals surface area contributed by atoms with E-state index in [0.29, 0.717) is 13.1 Å². The lowest BCUT2D eigenvalue weighted by Crippen LogP contribution is -2.33. The number of pyridine rings is 1. The summed E-state index contributed by atoms with van der Waals surface area (Å²) >= 11 is 0. The summed E-state index contributed by atoms with van der Waals surface area (Å²) in [5.41, 5.74) is 1.99. The Balaban J connectivity index is 1.96. The van der Waals surface area contributed by atoms with Gasteiger partial charge in [0.25, 0.3) is 0 Å². The van der Waals surface area contributed by atoms with Crippen molar-refractivity contribution in [3.8, 4) is 0 Å². The molecule has 19 heavy (non-hydrogen) atoms. The van der Waals surface area contributed by atoms with Crippen molar-refractivity contribution in [3.63, 3.8) is 0 Å². The monoisotopic (exact) mass is 257 g/mol. The number of hydrogen-bond acceptors (Lipinski definition) is 3. The van der Waals surface area contributed by atoms with Gasteiger partial charge in [0, 0.05) is 18.1 Å². The Morgan fingerprint density at radius 3 is 2.95 bits per heavy atom. The molecule has 2 aromatic rings. The fourth-order valence-corrected chi connectivity index (χ4v) is 1.95. The average molecular weight is 257 g/mol. The van der Waals surface area contributed by atoms with E-state index in [1.54, 1.807) is 6.20 Å². The van der Waals surface area contributed by atoms with Crippen molar-refractivity contribution in [2.24, 2.45) is 0 Å². The van der Waals surface area contributed by atoms with E-state index in [1.807, 2.05) is 30.3 Å². The van der Waals surface area contributed by atoms with E-state index < -0.39 is 0 Å². The Morgan fingerprint density at radius 2 is 2.11 bits per heavy atom. The number of benzene rings is 1. The van der Waals surface area contributed by atoms with Crippen molar-refractivity contribution in [2.45, 2.75) is 19.9 Å². The molecule has 0 aliphatic rings. The highest BCUT2D eigenvalue weighted by molar-refractivity contribution is 5.82. The third-order valence-electron chi connectivity index (χ3n) is 2.90. The zero-order chi connectivity index (χ0) is 13.5. The molecule has 4 heteroatoms. The number of fused-ring (bicyclic) bond motifs is 1. The summed E-state index contributed by atoms with van der Waals surface area (Å²) in [4.78, 5) is 16.0. The second kappa shape index (κ2) is 6.85. The molecule has 1 heterocycles. The maximum absolute atomic E-state index is 11.6. The number of rotatable bonds is 6. The maximum atomic E-state index is 11.6. The van der Waals surface area contributed by atoms with Gasteiger partial charge in [-0.15, -0.1) is 0 Å². The molecule has 0 fully saturated rings. The minimum atomic E-state index is 0.0152. The van der Waals surface area contributed by atoms with Crippen LogP contribution in [-0.4, -0.2) is 24.0 Å². The van der Waals surface area contributed by atoms with Gasteiger partial charge in [0.1, 0.15) is 0 Å². The van der Waals surface area contributed by atoms with Gasteiger partial charge in [-0.2, -0.15) is 0 Å². The molecule has 0 spiro atoms. The first-order chi connectivity index (χ1) is 9.31. The van der Waals surface area contributed by atoms with Crippen molar-refractivity contribution < 1.29 is 4.79 Å². The zero-order valence-corrected chi connectivity index (χ0v) is 11.1. The van der Waals surface area contributed by atoms with Gasteiger partial charge in [0.15, 0.2) is 0 Å². The third-order valence-corrected chi connectivity index (χ3v) is 2.90. The molecule has 0 saturated carbocycles. The Hall–Kier alpha value is -1.94. The van der Waals surface area contributed by atoms with Crippen molar-refractivity contribution in [3.05, 3.63) is 42.1 Å². The molecule has 0 radical (unpaired) electrons. The number of carbonyl (C=O) groups is 1. The molecular formula is C15H19N3O. The van der Waals surface area contributed by atoms with Crippen LogP contribution in [0.1, 0.15) is 18.9 Å². The van der Waals surface area contributed by atoms with Crippen LogP contribution in [-0.2, 0) is 11.3 Å². The molecule has 2 N–H and O–H groups in total. The van der Waals surface area contributed by atoms with E-state index in [4.69, 9.17) is 0 Å². The fraction of sp³-hybridized carbons (Fsp3) is 0.333. The van der Waals surface area contributed by atoms with Crippen LogP contribution in [0.4, 0.5) is 0 Å². The number of nitrogens with zero attached hydrogens (tertiary/aromatic N) is 1. The van der Waals surface area contributed by atoms with Gasteiger partial charge in [-0.25, -0.2) is 0 Å². The molecule has 4 nitrogen and oxygen atoms in total. The summed E-state index contributed by atoms with van der Waals surface area (Å²) in [6, 6.07) is 9.95. The summed E-state index contributed by atoms with van der Waals surface area (Å²) in [7, 11) is 0. The zero-order valence-electron chi connectivity index (χ0n) is 11.1. The van der Waals surface area contributed by atoms with Crippen molar-refractivity contribution in [1.29, 1.82) is 0 Å². The van der Waals surface area contributed by atoms with Crippen LogP contribution in [0.3, 0.4) is 0 Å². The van der Waals surface area contributed by atoms with E-state index in [9.17, 15) is 4.79 Å². The highest BCUT2D eigenvalue weighted by Crippen LogP contribution is 2.15. The van der Waals surface area contributed by atoms with E-state index in [-0.39, 0.29) is 5.91 Å². The Bertz CT molecular complexity index is 549. The van der Waals surface area contributed by atoms with Crippen LogP contribution in [0.5, 0.6) is 0 Å². The van der Waals surface area contributed by atoms with Crippen LogP contribution in [0.2, 0.25) is 0 Å².